The number of hydrogen-bond donors (Lipinski definition) is 0. The molecule has 0 amide bonds. The lowest BCUT2D eigenvalue weighted by molar-refractivity contribution is -0.384. The van der Waals surface area contributed by atoms with Crippen LogP contribution < -0.4 is 0 Å². The fourth-order valence-corrected chi connectivity index (χ4v) is 1.32. The van der Waals surface area contributed by atoms with E-state index in [2.05, 4.69) is 15.9 Å². The van der Waals surface area contributed by atoms with E-state index in [1.165, 1.54) is 19.1 Å². The van der Waals surface area contributed by atoms with Gasteiger partial charge in [0, 0.05) is 12.1 Å². The van der Waals surface area contributed by atoms with E-state index < -0.39 is 9.75 Å². The number of hydrogen-bond acceptors (Lipinski definition) is 3. The van der Waals surface area contributed by atoms with Crippen molar-refractivity contribution in [2.24, 2.45) is 0 Å². The maximum absolute atomic E-state index is 11.0. The first-order chi connectivity index (χ1) is 6.52. The van der Waals surface area contributed by atoms with Gasteiger partial charge in [-0.25, -0.2) is 0 Å². The van der Waals surface area contributed by atoms with Crippen LogP contribution in [-0.2, 0) is 4.79 Å². The number of carbonyl (C=O) groups excluding carboxylic acids is 1. The van der Waals surface area contributed by atoms with Gasteiger partial charge in [-0.1, -0.05) is 28.1 Å². The van der Waals surface area contributed by atoms with Crippen molar-refractivity contribution in [3.63, 3.8) is 0 Å². The molecular weight excluding hydrogens is 250 g/mol. The van der Waals surface area contributed by atoms with Gasteiger partial charge in [-0.3, -0.25) is 14.9 Å². The number of nitro benzene ring substituents is 1. The van der Waals surface area contributed by atoms with E-state index in [0.29, 0.717) is 5.56 Å². The molecule has 0 saturated heterocycles. The molecule has 1 aromatic carbocycles. The average molecular weight is 258 g/mol. The first kappa shape index (κ1) is 10.8. The smallest absolute Gasteiger partial charge is 0.269 e. The van der Waals surface area contributed by atoms with Crippen LogP contribution in [0.3, 0.4) is 0 Å². The Bertz CT molecular complexity index is 378. The highest BCUT2D eigenvalue weighted by Crippen LogP contribution is 2.26. The van der Waals surface area contributed by atoms with Crippen molar-refractivity contribution in [2.45, 2.75) is 11.8 Å². The van der Waals surface area contributed by atoms with Crippen molar-refractivity contribution in [3.8, 4) is 0 Å². The molecule has 0 heterocycles. The van der Waals surface area contributed by atoms with Gasteiger partial charge >= 0.3 is 0 Å². The first-order valence-corrected chi connectivity index (χ1v) is 4.83. The van der Waals surface area contributed by atoms with E-state index in [1.54, 1.807) is 12.1 Å². The molecule has 0 bridgehead atoms. The van der Waals surface area contributed by atoms with Gasteiger partial charge in [-0.05, 0) is 12.5 Å². The largest absolute Gasteiger partial charge is 0.298 e. The molecule has 0 spiro atoms. The second-order valence-corrected chi connectivity index (χ2v) is 3.74. The Labute approximate surface area is 89.2 Å². The zero-order valence-corrected chi connectivity index (χ0v) is 9.02. The van der Waals surface area contributed by atoms with E-state index in [9.17, 15) is 14.9 Å². The number of nitro groups is 1. The molecule has 0 N–H and O–H groups in total. The number of nitrogens with zero attached hydrogens (tertiary/aromatic N) is 1. The monoisotopic (exact) mass is 257 g/mol. The molecule has 0 aliphatic heterocycles. The predicted octanol–water partition coefficient (Wildman–Crippen LogP) is 2.62. The van der Waals surface area contributed by atoms with E-state index in [1.807, 2.05) is 0 Å². The number of halogens is 1. The molecule has 0 radical (unpaired) electrons. The predicted molar refractivity (Wildman–Crippen MR) is 55.4 cm³/mol. The summed E-state index contributed by atoms with van der Waals surface area (Å²) in [5.74, 6) is -0.0782. The lowest BCUT2D eigenvalue weighted by Gasteiger charge is -2.04. The Balaban J connectivity index is 3.05. The molecule has 0 aliphatic rings. The molecule has 74 valence electrons. The molecule has 14 heavy (non-hydrogen) atoms. The van der Waals surface area contributed by atoms with E-state index in [4.69, 9.17) is 0 Å². The Morgan fingerprint density at radius 3 is 2.71 bits per heavy atom. The van der Waals surface area contributed by atoms with Crippen molar-refractivity contribution < 1.29 is 9.72 Å². The van der Waals surface area contributed by atoms with Crippen molar-refractivity contribution in [1.82, 2.24) is 0 Å². The van der Waals surface area contributed by atoms with Crippen LogP contribution in [0.5, 0.6) is 0 Å². The fraction of sp³-hybridized carbons (Fsp3) is 0.222. The third kappa shape index (κ3) is 2.38. The highest BCUT2D eigenvalue weighted by Gasteiger charge is 2.15. The molecule has 5 heteroatoms. The SMILES string of the molecule is CC(=O)C(Br)c1cccc([N+](=O)[O-])c1. The summed E-state index contributed by atoms with van der Waals surface area (Å²) in [4.78, 5) is 20.5. The van der Waals surface area contributed by atoms with Crippen LogP contribution in [0, 0.1) is 10.1 Å². The number of carbonyl (C=O) groups is 1. The summed E-state index contributed by atoms with van der Waals surface area (Å²) < 4.78 is 0. The van der Waals surface area contributed by atoms with Gasteiger partial charge in [-0.15, -0.1) is 0 Å². The number of rotatable bonds is 3. The highest BCUT2D eigenvalue weighted by molar-refractivity contribution is 9.09. The third-order valence-corrected chi connectivity index (χ3v) is 2.90. The summed E-state index contributed by atoms with van der Waals surface area (Å²) in [6.45, 7) is 1.43. The van der Waals surface area contributed by atoms with Gasteiger partial charge in [0.1, 0.15) is 5.78 Å². The van der Waals surface area contributed by atoms with Crippen LogP contribution in [-0.4, -0.2) is 10.7 Å². The molecule has 1 rings (SSSR count). The summed E-state index contributed by atoms with van der Waals surface area (Å²) in [5.41, 5.74) is 0.597. The number of Topliss-reactive ketones (excluding diaryl/α,β-unsaturated/α-hetero) is 1. The third-order valence-electron chi connectivity index (χ3n) is 1.73. The summed E-state index contributed by atoms with van der Waals surface area (Å²) in [6.07, 6.45) is 0. The standard InChI is InChI=1S/C9H8BrNO3/c1-6(12)9(10)7-3-2-4-8(5-7)11(13)14/h2-5,9H,1H3. The number of non-ortho nitro benzene ring substituents is 1. The number of alkyl halides is 1. The molecule has 0 fully saturated rings. The maximum atomic E-state index is 11.0. The van der Waals surface area contributed by atoms with Crippen LogP contribution in [0.4, 0.5) is 5.69 Å². The van der Waals surface area contributed by atoms with Gasteiger partial charge < -0.3 is 0 Å². The van der Waals surface area contributed by atoms with Gasteiger partial charge in [0.25, 0.3) is 5.69 Å². The number of ketones is 1. The normalized spacial score (nSPS) is 12.1. The minimum atomic E-state index is -0.483. The van der Waals surface area contributed by atoms with Crippen LogP contribution in [0.2, 0.25) is 0 Å². The highest BCUT2D eigenvalue weighted by atomic mass is 79.9. The van der Waals surface area contributed by atoms with E-state index >= 15 is 0 Å². The van der Waals surface area contributed by atoms with E-state index in [0.717, 1.165) is 0 Å². The zero-order valence-electron chi connectivity index (χ0n) is 7.44. The fourth-order valence-electron chi connectivity index (χ4n) is 1.03. The Morgan fingerprint density at radius 2 is 2.21 bits per heavy atom. The molecule has 1 atom stereocenters. The number of benzene rings is 1. The zero-order chi connectivity index (χ0) is 10.7. The average Bonchev–Trinajstić information content (AvgIpc) is 2.16. The molecule has 1 aromatic rings. The Morgan fingerprint density at radius 1 is 1.57 bits per heavy atom. The van der Waals surface area contributed by atoms with Gasteiger partial charge in [0.2, 0.25) is 0 Å². The van der Waals surface area contributed by atoms with Gasteiger partial charge in [-0.2, -0.15) is 0 Å². The van der Waals surface area contributed by atoms with Crippen molar-refractivity contribution in [3.05, 3.63) is 39.9 Å². The van der Waals surface area contributed by atoms with Crippen molar-refractivity contribution in [2.75, 3.05) is 0 Å². The molecule has 0 aliphatic carbocycles. The maximum Gasteiger partial charge on any atom is 0.269 e. The Kier molecular flexibility index (Phi) is 3.35. The minimum absolute atomic E-state index is 0.00630. The van der Waals surface area contributed by atoms with Crippen LogP contribution >= 0.6 is 15.9 Å². The quantitative estimate of drug-likeness (QED) is 0.475. The second-order valence-electron chi connectivity index (χ2n) is 2.83. The summed E-state index contributed by atoms with van der Waals surface area (Å²) >= 11 is 3.16. The van der Waals surface area contributed by atoms with Gasteiger partial charge in [0.15, 0.2) is 0 Å². The minimum Gasteiger partial charge on any atom is -0.298 e. The van der Waals surface area contributed by atoms with Crippen molar-refractivity contribution >= 4 is 27.4 Å². The lowest BCUT2D eigenvalue weighted by atomic mass is 10.1. The first-order valence-electron chi connectivity index (χ1n) is 3.91. The lowest BCUT2D eigenvalue weighted by Crippen LogP contribution is -2.01. The molecule has 4 nitrogen and oxygen atoms in total. The molecule has 0 saturated carbocycles. The summed E-state index contributed by atoms with van der Waals surface area (Å²) in [5, 5.41) is 10.5. The Hall–Kier alpha value is -1.23. The van der Waals surface area contributed by atoms with Crippen LogP contribution in [0.25, 0.3) is 0 Å². The van der Waals surface area contributed by atoms with Crippen molar-refractivity contribution in [1.29, 1.82) is 0 Å². The van der Waals surface area contributed by atoms with Crippen LogP contribution in [0.1, 0.15) is 17.3 Å². The molecule has 0 aromatic heterocycles. The van der Waals surface area contributed by atoms with Crippen LogP contribution in [0.15, 0.2) is 24.3 Å². The summed E-state index contributed by atoms with van der Waals surface area (Å²) in [6, 6.07) is 6.02. The second kappa shape index (κ2) is 4.32. The molecule has 1 unspecified atom stereocenters. The molecular formula is C9H8BrNO3. The van der Waals surface area contributed by atoms with Gasteiger partial charge in [0.05, 0.1) is 9.75 Å². The van der Waals surface area contributed by atoms with E-state index in [-0.39, 0.29) is 11.5 Å². The summed E-state index contributed by atoms with van der Waals surface area (Å²) in [7, 11) is 0. The topological polar surface area (TPSA) is 60.2 Å².